The third kappa shape index (κ3) is 6.32. The highest BCUT2D eigenvalue weighted by atomic mass is 19.3. The fourth-order valence-corrected chi connectivity index (χ4v) is 4.45. The number of halogens is 5. The van der Waals surface area contributed by atoms with E-state index in [-0.39, 0.29) is 17.1 Å². The van der Waals surface area contributed by atoms with Crippen LogP contribution in [0, 0.1) is 5.82 Å². The van der Waals surface area contributed by atoms with Crippen molar-refractivity contribution in [2.24, 2.45) is 0 Å². The van der Waals surface area contributed by atoms with Gasteiger partial charge < -0.3 is 15.0 Å². The number of benzene rings is 1. The zero-order valence-electron chi connectivity index (χ0n) is 21.2. The van der Waals surface area contributed by atoms with E-state index in [0.717, 1.165) is 12.1 Å². The second-order valence-corrected chi connectivity index (χ2v) is 8.97. The SMILES string of the molecule is O=C(Nc1cc(-c2[nH]c3c(OCC(F)F)ccnc3c2-c2ccccn2)ccn1)C(CC(F)F)c1ccc(F)cc1. The number of H-pyrrole nitrogens is 1. The van der Waals surface area contributed by atoms with E-state index < -0.39 is 43.5 Å². The molecule has 0 aliphatic carbocycles. The Morgan fingerprint density at radius 2 is 1.68 bits per heavy atom. The van der Waals surface area contributed by atoms with Crippen LogP contribution >= 0.6 is 0 Å². The number of carbonyl (C=O) groups excluding carboxylic acids is 1. The zero-order chi connectivity index (χ0) is 28.9. The van der Waals surface area contributed by atoms with Crippen molar-refractivity contribution < 1.29 is 31.5 Å². The molecule has 1 atom stereocenters. The summed E-state index contributed by atoms with van der Waals surface area (Å²) in [5.41, 5.74) is 3.09. The Morgan fingerprint density at radius 3 is 2.39 bits per heavy atom. The van der Waals surface area contributed by atoms with Gasteiger partial charge in [-0.25, -0.2) is 26.9 Å². The lowest BCUT2D eigenvalue weighted by atomic mass is 9.95. The first-order valence-corrected chi connectivity index (χ1v) is 12.4. The molecule has 1 amide bonds. The summed E-state index contributed by atoms with van der Waals surface area (Å²) in [7, 11) is 0. The molecule has 210 valence electrons. The van der Waals surface area contributed by atoms with Crippen molar-refractivity contribution in [1.29, 1.82) is 0 Å². The van der Waals surface area contributed by atoms with Crippen molar-refractivity contribution in [2.45, 2.75) is 25.2 Å². The van der Waals surface area contributed by atoms with Crippen molar-refractivity contribution in [3.05, 3.63) is 90.6 Å². The molecule has 12 heteroatoms. The molecular weight excluding hydrogens is 545 g/mol. The summed E-state index contributed by atoms with van der Waals surface area (Å²) < 4.78 is 71.1. The van der Waals surface area contributed by atoms with E-state index in [9.17, 15) is 26.7 Å². The standard InChI is InChI=1S/C29H22F5N5O2/c30-18-6-4-16(5-7-18)19(14-22(31)32)29(40)38-24-13-17(8-11-36-24)26-25(20-3-1-2-10-35-20)28-27(39-26)21(9-12-37-28)41-15-23(33)34/h1-13,19,22-23,39H,14-15H2,(H,36,38,40). The minimum atomic E-state index is -2.78. The molecule has 4 heterocycles. The molecular formula is C29H22F5N5O2. The molecule has 5 rings (SSSR count). The van der Waals surface area contributed by atoms with Crippen molar-refractivity contribution in [2.75, 3.05) is 11.9 Å². The first-order valence-electron chi connectivity index (χ1n) is 12.4. The van der Waals surface area contributed by atoms with Crippen molar-refractivity contribution >= 4 is 22.8 Å². The van der Waals surface area contributed by atoms with Gasteiger partial charge in [0, 0.05) is 36.6 Å². The number of rotatable bonds is 10. The van der Waals surface area contributed by atoms with Gasteiger partial charge in [0.2, 0.25) is 12.3 Å². The van der Waals surface area contributed by atoms with E-state index in [0.29, 0.717) is 33.5 Å². The molecule has 0 radical (unpaired) electrons. The highest BCUT2D eigenvalue weighted by Gasteiger charge is 2.26. The third-order valence-electron chi connectivity index (χ3n) is 6.24. The van der Waals surface area contributed by atoms with Gasteiger partial charge in [0.25, 0.3) is 6.43 Å². The molecule has 0 bridgehead atoms. The summed E-state index contributed by atoms with van der Waals surface area (Å²) in [5, 5.41) is 2.58. The van der Waals surface area contributed by atoms with Crippen molar-refractivity contribution in [3.8, 4) is 28.3 Å². The van der Waals surface area contributed by atoms with Crippen LogP contribution in [0.25, 0.3) is 33.5 Å². The molecule has 41 heavy (non-hydrogen) atoms. The maximum atomic E-state index is 13.4. The molecule has 1 aromatic carbocycles. The number of hydrogen-bond donors (Lipinski definition) is 2. The lowest BCUT2D eigenvalue weighted by Gasteiger charge is -2.17. The van der Waals surface area contributed by atoms with Crippen LogP contribution in [0.15, 0.2) is 79.3 Å². The number of aromatic amines is 1. The van der Waals surface area contributed by atoms with E-state index in [1.165, 1.54) is 36.7 Å². The van der Waals surface area contributed by atoms with E-state index in [4.69, 9.17) is 4.74 Å². The highest BCUT2D eigenvalue weighted by Crippen LogP contribution is 2.39. The zero-order valence-corrected chi connectivity index (χ0v) is 21.2. The molecule has 2 N–H and O–H groups in total. The smallest absolute Gasteiger partial charge is 0.272 e. The van der Waals surface area contributed by atoms with Crippen LogP contribution in [-0.4, -0.2) is 45.3 Å². The number of fused-ring (bicyclic) bond motifs is 1. The first kappa shape index (κ1) is 27.7. The van der Waals surface area contributed by atoms with E-state index in [2.05, 4.69) is 25.3 Å². The molecule has 0 fully saturated rings. The lowest BCUT2D eigenvalue weighted by Crippen LogP contribution is -2.23. The minimum absolute atomic E-state index is 0.0710. The van der Waals surface area contributed by atoms with Gasteiger partial charge in [-0.05, 0) is 42.0 Å². The topological polar surface area (TPSA) is 92.8 Å². The second kappa shape index (κ2) is 12.1. The summed E-state index contributed by atoms with van der Waals surface area (Å²) in [5.74, 6) is -2.32. The van der Waals surface area contributed by atoms with E-state index in [1.54, 1.807) is 30.5 Å². The molecule has 5 aromatic rings. The van der Waals surface area contributed by atoms with Gasteiger partial charge in [-0.15, -0.1) is 0 Å². The molecule has 0 aliphatic rings. The van der Waals surface area contributed by atoms with E-state index >= 15 is 0 Å². The highest BCUT2D eigenvalue weighted by molar-refractivity contribution is 6.03. The van der Waals surface area contributed by atoms with Crippen LogP contribution in [0.2, 0.25) is 0 Å². The third-order valence-corrected chi connectivity index (χ3v) is 6.24. The number of hydrogen-bond acceptors (Lipinski definition) is 5. The Balaban J connectivity index is 1.53. The van der Waals surface area contributed by atoms with Gasteiger partial charge >= 0.3 is 0 Å². The van der Waals surface area contributed by atoms with Crippen LogP contribution in [0.5, 0.6) is 5.75 Å². The fourth-order valence-electron chi connectivity index (χ4n) is 4.45. The number of nitrogens with zero attached hydrogens (tertiary/aromatic N) is 3. The number of pyridine rings is 3. The Bertz CT molecular complexity index is 1650. The monoisotopic (exact) mass is 567 g/mol. The fraction of sp³-hybridized carbons (Fsp3) is 0.172. The molecule has 0 saturated heterocycles. The van der Waals surface area contributed by atoms with Gasteiger partial charge in [0.15, 0.2) is 0 Å². The van der Waals surface area contributed by atoms with Crippen molar-refractivity contribution in [1.82, 2.24) is 19.9 Å². The normalized spacial score (nSPS) is 12.2. The van der Waals surface area contributed by atoms with Gasteiger partial charge in [-0.2, -0.15) is 0 Å². The molecule has 1 unspecified atom stereocenters. The number of nitrogens with one attached hydrogen (secondary N) is 2. The summed E-state index contributed by atoms with van der Waals surface area (Å²) in [4.78, 5) is 29.3. The van der Waals surface area contributed by atoms with Gasteiger partial charge in [-0.1, -0.05) is 18.2 Å². The number of aromatic nitrogens is 4. The molecule has 0 saturated carbocycles. The van der Waals surface area contributed by atoms with Gasteiger partial charge in [-0.3, -0.25) is 14.8 Å². The van der Waals surface area contributed by atoms with E-state index in [1.807, 2.05) is 0 Å². The summed E-state index contributed by atoms with van der Waals surface area (Å²) in [6, 6.07) is 14.7. The number of amides is 1. The predicted molar refractivity (Wildman–Crippen MR) is 142 cm³/mol. The molecule has 4 aromatic heterocycles. The van der Waals surface area contributed by atoms with Gasteiger partial charge in [0.1, 0.15) is 35.0 Å². The summed E-state index contributed by atoms with van der Waals surface area (Å²) in [6.45, 7) is -0.814. The molecule has 7 nitrogen and oxygen atoms in total. The maximum Gasteiger partial charge on any atom is 0.272 e. The molecule has 0 spiro atoms. The van der Waals surface area contributed by atoms with Crippen molar-refractivity contribution in [3.63, 3.8) is 0 Å². The quantitative estimate of drug-likeness (QED) is 0.180. The Hall–Kier alpha value is -4.87. The maximum absolute atomic E-state index is 13.4. The number of alkyl halides is 4. The molecule has 0 aliphatic heterocycles. The number of ether oxygens (including phenoxy) is 1. The first-order chi connectivity index (χ1) is 19.8. The number of carbonyl (C=O) groups is 1. The second-order valence-electron chi connectivity index (χ2n) is 8.97. The van der Waals surface area contributed by atoms with Crippen LogP contribution in [0.3, 0.4) is 0 Å². The average Bonchev–Trinajstić information content (AvgIpc) is 3.36. The van der Waals surface area contributed by atoms with Crippen LogP contribution in [0.1, 0.15) is 17.9 Å². The number of anilines is 1. The van der Waals surface area contributed by atoms with Crippen LogP contribution < -0.4 is 10.1 Å². The lowest BCUT2D eigenvalue weighted by molar-refractivity contribution is -0.118. The Kier molecular flexibility index (Phi) is 8.18. The Morgan fingerprint density at radius 1 is 0.902 bits per heavy atom. The largest absolute Gasteiger partial charge is 0.485 e. The van der Waals surface area contributed by atoms with Crippen LogP contribution in [0.4, 0.5) is 27.8 Å². The predicted octanol–water partition coefficient (Wildman–Crippen LogP) is 6.85. The average molecular weight is 568 g/mol. The summed E-state index contributed by atoms with van der Waals surface area (Å²) in [6.07, 6.45) is -1.79. The summed E-state index contributed by atoms with van der Waals surface area (Å²) >= 11 is 0. The van der Waals surface area contributed by atoms with Crippen LogP contribution in [-0.2, 0) is 4.79 Å². The Labute approximate surface area is 230 Å². The minimum Gasteiger partial charge on any atom is -0.485 e. The van der Waals surface area contributed by atoms with Gasteiger partial charge in [0.05, 0.1) is 22.9 Å².